The van der Waals surface area contributed by atoms with Crippen molar-refractivity contribution < 1.29 is 18.3 Å². The number of allylic oxidation sites excluding steroid dienone is 2. The summed E-state index contributed by atoms with van der Waals surface area (Å²) in [5.41, 5.74) is 4.84. The Labute approximate surface area is 162 Å². The Morgan fingerprint density at radius 3 is 2.04 bits per heavy atom. The third-order valence-electron chi connectivity index (χ3n) is 6.19. The standard InChI is InChI=1S/C22H30O4S/c1-4-15-10-14(3)11-16(5-2)21(15)22-19(23)12-18(13-20(22)24)17-6-8-27(25,26)9-7-17/h10-11,17-18,23H,4-9,12-13H2,1-3H3. The Morgan fingerprint density at radius 2 is 1.56 bits per heavy atom. The van der Waals surface area contributed by atoms with Gasteiger partial charge in [-0.3, -0.25) is 4.79 Å². The van der Waals surface area contributed by atoms with Crippen LogP contribution >= 0.6 is 0 Å². The molecule has 1 aromatic rings. The molecular weight excluding hydrogens is 360 g/mol. The van der Waals surface area contributed by atoms with E-state index in [0.29, 0.717) is 31.3 Å². The van der Waals surface area contributed by atoms with Gasteiger partial charge in [0.15, 0.2) is 5.78 Å². The molecule has 1 fully saturated rings. The van der Waals surface area contributed by atoms with Gasteiger partial charge in [-0.15, -0.1) is 0 Å². The van der Waals surface area contributed by atoms with E-state index >= 15 is 0 Å². The van der Waals surface area contributed by atoms with Crippen molar-refractivity contribution in [3.05, 3.63) is 40.1 Å². The van der Waals surface area contributed by atoms with E-state index in [9.17, 15) is 18.3 Å². The second-order valence-electron chi connectivity index (χ2n) is 8.07. The molecule has 1 aliphatic heterocycles. The summed E-state index contributed by atoms with van der Waals surface area (Å²) in [6, 6.07) is 4.22. The summed E-state index contributed by atoms with van der Waals surface area (Å²) < 4.78 is 23.4. The number of hydrogen-bond acceptors (Lipinski definition) is 4. The molecule has 27 heavy (non-hydrogen) atoms. The Kier molecular flexibility index (Phi) is 5.80. The maximum atomic E-state index is 13.1. The van der Waals surface area contributed by atoms with E-state index in [-0.39, 0.29) is 34.9 Å². The quantitative estimate of drug-likeness (QED) is 0.837. The zero-order valence-corrected chi connectivity index (χ0v) is 17.4. The largest absolute Gasteiger partial charge is 0.512 e. The van der Waals surface area contributed by atoms with Crippen molar-refractivity contribution in [1.29, 1.82) is 0 Å². The number of ketones is 1. The van der Waals surface area contributed by atoms with Crippen molar-refractivity contribution in [3.8, 4) is 0 Å². The van der Waals surface area contributed by atoms with E-state index in [1.54, 1.807) is 0 Å². The molecule has 1 aliphatic carbocycles. The first-order valence-electron chi connectivity index (χ1n) is 10.0. The monoisotopic (exact) mass is 390 g/mol. The van der Waals surface area contributed by atoms with E-state index in [1.165, 1.54) is 5.56 Å². The Bertz CT molecular complexity index is 841. The van der Waals surface area contributed by atoms with Crippen LogP contribution in [0.2, 0.25) is 0 Å². The average molecular weight is 391 g/mol. The summed E-state index contributed by atoms with van der Waals surface area (Å²) in [5, 5.41) is 10.8. The molecule has 0 radical (unpaired) electrons. The van der Waals surface area contributed by atoms with E-state index in [0.717, 1.165) is 29.5 Å². The number of hydrogen-bond donors (Lipinski definition) is 1. The number of rotatable bonds is 4. The van der Waals surface area contributed by atoms with Crippen LogP contribution in [0.5, 0.6) is 0 Å². The Balaban J connectivity index is 1.94. The second-order valence-corrected chi connectivity index (χ2v) is 10.4. The number of carbonyl (C=O) groups is 1. The molecule has 0 saturated carbocycles. The van der Waals surface area contributed by atoms with E-state index < -0.39 is 9.84 Å². The molecule has 0 bridgehead atoms. The number of benzene rings is 1. The first-order valence-corrected chi connectivity index (χ1v) is 11.9. The maximum Gasteiger partial charge on any atom is 0.167 e. The summed E-state index contributed by atoms with van der Waals surface area (Å²) in [6.45, 7) is 6.22. The fourth-order valence-corrected chi connectivity index (χ4v) is 6.27. The molecule has 1 saturated heterocycles. The van der Waals surface area contributed by atoms with E-state index in [2.05, 4.69) is 32.9 Å². The highest BCUT2D eigenvalue weighted by Crippen LogP contribution is 2.41. The fraction of sp³-hybridized carbons (Fsp3) is 0.591. The van der Waals surface area contributed by atoms with Gasteiger partial charge in [-0.2, -0.15) is 0 Å². The molecule has 3 rings (SSSR count). The normalized spacial score (nSPS) is 23.7. The Morgan fingerprint density at radius 1 is 1.00 bits per heavy atom. The van der Waals surface area contributed by atoms with Gasteiger partial charge in [-0.25, -0.2) is 8.42 Å². The molecule has 1 N–H and O–H groups in total. The molecule has 5 heteroatoms. The van der Waals surface area contributed by atoms with Crippen LogP contribution in [-0.2, 0) is 27.5 Å². The van der Waals surface area contributed by atoms with Crippen LogP contribution in [0.3, 0.4) is 0 Å². The van der Waals surface area contributed by atoms with Gasteiger partial charge < -0.3 is 5.11 Å². The molecule has 0 spiro atoms. The number of aliphatic hydroxyl groups excluding tert-OH is 1. The zero-order valence-electron chi connectivity index (χ0n) is 16.5. The summed E-state index contributed by atoms with van der Waals surface area (Å²) in [4.78, 5) is 13.1. The van der Waals surface area contributed by atoms with E-state index in [4.69, 9.17) is 0 Å². The molecule has 1 heterocycles. The first kappa shape index (κ1) is 20.1. The molecule has 148 valence electrons. The van der Waals surface area contributed by atoms with Gasteiger partial charge in [0.05, 0.1) is 17.1 Å². The minimum atomic E-state index is -2.92. The topological polar surface area (TPSA) is 71.4 Å². The number of aliphatic hydroxyl groups is 1. The zero-order chi connectivity index (χ0) is 19.8. The third kappa shape index (κ3) is 4.13. The lowest BCUT2D eigenvalue weighted by molar-refractivity contribution is -0.115. The van der Waals surface area contributed by atoms with Gasteiger partial charge in [0.2, 0.25) is 0 Å². The minimum Gasteiger partial charge on any atom is -0.512 e. The summed E-state index contributed by atoms with van der Waals surface area (Å²) in [7, 11) is -2.92. The van der Waals surface area contributed by atoms with Crippen molar-refractivity contribution in [1.82, 2.24) is 0 Å². The molecule has 1 atom stereocenters. The highest BCUT2D eigenvalue weighted by atomic mass is 32.2. The number of Topliss-reactive ketones (excluding diaryl/α,β-unsaturated/α-hetero) is 1. The van der Waals surface area contributed by atoms with Crippen molar-refractivity contribution >= 4 is 21.2 Å². The smallest absolute Gasteiger partial charge is 0.167 e. The van der Waals surface area contributed by atoms with Crippen LogP contribution in [0.15, 0.2) is 17.9 Å². The minimum absolute atomic E-state index is 0.00503. The number of aryl methyl sites for hydroxylation is 3. The van der Waals surface area contributed by atoms with Gasteiger partial charge in [0.1, 0.15) is 15.6 Å². The summed E-state index contributed by atoms with van der Waals surface area (Å²) in [5.74, 6) is 0.867. The van der Waals surface area contributed by atoms with Gasteiger partial charge >= 0.3 is 0 Å². The molecule has 1 unspecified atom stereocenters. The van der Waals surface area contributed by atoms with Gasteiger partial charge in [0.25, 0.3) is 0 Å². The van der Waals surface area contributed by atoms with Crippen LogP contribution in [0.1, 0.15) is 61.8 Å². The van der Waals surface area contributed by atoms with Gasteiger partial charge in [-0.05, 0) is 61.1 Å². The van der Waals surface area contributed by atoms with Crippen molar-refractivity contribution in [2.75, 3.05) is 11.5 Å². The molecular formula is C22H30O4S. The van der Waals surface area contributed by atoms with Crippen molar-refractivity contribution in [3.63, 3.8) is 0 Å². The Hall–Kier alpha value is -1.62. The highest BCUT2D eigenvalue weighted by Gasteiger charge is 2.37. The summed E-state index contributed by atoms with van der Waals surface area (Å²) >= 11 is 0. The maximum absolute atomic E-state index is 13.1. The van der Waals surface area contributed by atoms with Crippen LogP contribution in [0.4, 0.5) is 0 Å². The first-order chi connectivity index (χ1) is 12.8. The predicted molar refractivity (Wildman–Crippen MR) is 109 cm³/mol. The lowest BCUT2D eigenvalue weighted by Crippen LogP contribution is -2.32. The lowest BCUT2D eigenvalue weighted by atomic mass is 9.74. The fourth-order valence-electron chi connectivity index (χ4n) is 4.74. The van der Waals surface area contributed by atoms with Gasteiger partial charge in [0, 0.05) is 12.8 Å². The highest BCUT2D eigenvalue weighted by molar-refractivity contribution is 7.91. The molecule has 4 nitrogen and oxygen atoms in total. The van der Waals surface area contributed by atoms with Crippen LogP contribution in [0.25, 0.3) is 5.57 Å². The van der Waals surface area contributed by atoms with Crippen LogP contribution in [-0.4, -0.2) is 30.8 Å². The molecule has 0 aromatic heterocycles. The SMILES string of the molecule is CCc1cc(C)cc(CC)c1C1=C(O)CC(C2CCS(=O)(=O)CC2)CC1=O. The van der Waals surface area contributed by atoms with Crippen molar-refractivity contribution in [2.24, 2.45) is 11.8 Å². The van der Waals surface area contributed by atoms with Gasteiger partial charge in [-0.1, -0.05) is 31.5 Å². The number of sulfone groups is 1. The molecule has 1 aromatic carbocycles. The number of carbonyl (C=O) groups excluding carboxylic acids is 1. The third-order valence-corrected chi connectivity index (χ3v) is 7.91. The molecule has 0 amide bonds. The van der Waals surface area contributed by atoms with Crippen molar-refractivity contribution in [2.45, 2.75) is 59.3 Å². The van der Waals surface area contributed by atoms with Crippen LogP contribution in [0, 0.1) is 18.8 Å². The second kappa shape index (κ2) is 7.78. The molecule has 2 aliphatic rings. The summed E-state index contributed by atoms with van der Waals surface area (Å²) in [6.07, 6.45) is 3.73. The van der Waals surface area contributed by atoms with E-state index in [1.807, 2.05) is 0 Å². The average Bonchev–Trinajstić information content (AvgIpc) is 2.61. The van der Waals surface area contributed by atoms with Crippen LogP contribution < -0.4 is 0 Å². The predicted octanol–water partition coefficient (Wildman–Crippen LogP) is 4.19. The lowest BCUT2D eigenvalue weighted by Gasteiger charge is -2.33.